The van der Waals surface area contributed by atoms with Crippen LogP contribution in [0.25, 0.3) is 0 Å². The molecule has 0 bridgehead atoms. The van der Waals surface area contributed by atoms with Gasteiger partial charge in [-0.15, -0.1) is 0 Å². The molecule has 4 heteroatoms. The summed E-state index contributed by atoms with van der Waals surface area (Å²) >= 11 is 0. The number of carbonyl (C=O) groups is 2. The Morgan fingerprint density at radius 2 is 2.06 bits per heavy atom. The second-order valence-corrected chi connectivity index (χ2v) is 4.85. The fourth-order valence-electron chi connectivity index (χ4n) is 1.46. The summed E-state index contributed by atoms with van der Waals surface area (Å²) in [6.07, 6.45) is 2.34. The van der Waals surface area contributed by atoms with Crippen molar-refractivity contribution in [3.63, 3.8) is 0 Å². The van der Waals surface area contributed by atoms with Gasteiger partial charge in [0.25, 0.3) is 0 Å². The highest BCUT2D eigenvalue weighted by atomic mass is 16.6. The van der Waals surface area contributed by atoms with E-state index in [0.717, 1.165) is 0 Å². The maximum Gasteiger partial charge on any atom is 0.414 e. The number of Topliss-reactive ketones (excluding diaryl/α,β-unsaturated/α-hetero) is 1. The molecule has 0 aromatic heterocycles. The molecule has 1 rings (SSSR count). The molecule has 0 N–H and O–H groups in total. The van der Waals surface area contributed by atoms with Crippen molar-refractivity contribution in [3.8, 4) is 0 Å². The molecule has 0 unspecified atom stereocenters. The summed E-state index contributed by atoms with van der Waals surface area (Å²) in [5, 5.41) is 0. The first-order valence-electron chi connectivity index (χ1n) is 5.57. The van der Waals surface area contributed by atoms with E-state index in [-0.39, 0.29) is 11.9 Å². The lowest BCUT2D eigenvalue weighted by Crippen LogP contribution is -2.32. The van der Waals surface area contributed by atoms with E-state index in [1.165, 1.54) is 4.90 Å². The highest BCUT2D eigenvalue weighted by Gasteiger charge is 2.26. The first-order chi connectivity index (χ1) is 7.33. The highest BCUT2D eigenvalue weighted by molar-refractivity contribution is 5.96. The molecule has 16 heavy (non-hydrogen) atoms. The quantitative estimate of drug-likeness (QED) is 0.725. The number of nitrogens with zero attached hydrogens (tertiary/aromatic N) is 1. The van der Waals surface area contributed by atoms with Gasteiger partial charge >= 0.3 is 6.09 Å². The fraction of sp³-hybridized carbons (Fsp3) is 0.667. The molecule has 1 heterocycles. The van der Waals surface area contributed by atoms with Gasteiger partial charge < -0.3 is 4.74 Å². The van der Waals surface area contributed by atoms with Crippen LogP contribution in [-0.2, 0) is 9.53 Å². The van der Waals surface area contributed by atoms with Gasteiger partial charge in [-0.3, -0.25) is 9.69 Å². The zero-order chi connectivity index (χ0) is 12.3. The number of rotatable bonds is 2. The smallest absolute Gasteiger partial charge is 0.414 e. The highest BCUT2D eigenvalue weighted by Crippen LogP contribution is 2.19. The van der Waals surface area contributed by atoms with Gasteiger partial charge in [0.05, 0.1) is 0 Å². The van der Waals surface area contributed by atoms with Gasteiger partial charge in [-0.1, -0.05) is 6.92 Å². The minimum absolute atomic E-state index is 0.103. The van der Waals surface area contributed by atoms with Crippen LogP contribution in [0.5, 0.6) is 0 Å². The van der Waals surface area contributed by atoms with Gasteiger partial charge in [0.2, 0.25) is 0 Å². The lowest BCUT2D eigenvalue weighted by Gasteiger charge is -2.23. The summed E-state index contributed by atoms with van der Waals surface area (Å²) in [6.45, 7) is 7.82. The molecule has 1 aliphatic rings. The summed E-state index contributed by atoms with van der Waals surface area (Å²) in [7, 11) is 0. The molecule has 90 valence electrons. The molecule has 0 aromatic carbocycles. The average molecular weight is 225 g/mol. The molecule has 0 aromatic rings. The minimum Gasteiger partial charge on any atom is -0.443 e. The summed E-state index contributed by atoms with van der Waals surface area (Å²) in [5.74, 6) is 0.103. The molecular weight excluding hydrogens is 206 g/mol. The second kappa shape index (κ2) is 4.68. The zero-order valence-corrected chi connectivity index (χ0v) is 10.4. The third-order valence-corrected chi connectivity index (χ3v) is 2.24. The van der Waals surface area contributed by atoms with E-state index in [2.05, 4.69) is 0 Å². The third-order valence-electron chi connectivity index (χ3n) is 2.24. The molecule has 0 radical (unpaired) electrons. The first-order valence-corrected chi connectivity index (χ1v) is 5.57. The Morgan fingerprint density at radius 3 is 2.56 bits per heavy atom. The summed E-state index contributed by atoms with van der Waals surface area (Å²) in [4.78, 5) is 24.6. The van der Waals surface area contributed by atoms with Gasteiger partial charge in [0.15, 0.2) is 5.78 Å². The molecule has 0 aliphatic carbocycles. The number of carbonyl (C=O) groups excluding carboxylic acids is 2. The van der Waals surface area contributed by atoms with Crippen LogP contribution in [0.1, 0.15) is 40.5 Å². The Bertz CT molecular complexity index is 326. The summed E-state index contributed by atoms with van der Waals surface area (Å²) < 4.78 is 5.21. The second-order valence-electron chi connectivity index (χ2n) is 4.85. The number of ether oxygens (including phenoxy) is 1. The van der Waals surface area contributed by atoms with Crippen LogP contribution >= 0.6 is 0 Å². The Labute approximate surface area is 96.3 Å². The Morgan fingerprint density at radius 1 is 1.44 bits per heavy atom. The Balaban J connectivity index is 2.61. The Kier molecular flexibility index (Phi) is 3.73. The van der Waals surface area contributed by atoms with Crippen molar-refractivity contribution in [1.29, 1.82) is 0 Å². The van der Waals surface area contributed by atoms with E-state index >= 15 is 0 Å². The predicted molar refractivity (Wildman–Crippen MR) is 60.9 cm³/mol. The van der Waals surface area contributed by atoms with Gasteiger partial charge in [-0.25, -0.2) is 4.79 Å². The lowest BCUT2D eigenvalue weighted by molar-refractivity contribution is -0.115. The topological polar surface area (TPSA) is 46.6 Å². The summed E-state index contributed by atoms with van der Waals surface area (Å²) in [6, 6.07) is 0. The normalized spacial score (nSPS) is 16.0. The maximum atomic E-state index is 11.7. The lowest BCUT2D eigenvalue weighted by atomic mass is 10.1. The van der Waals surface area contributed by atoms with Crippen LogP contribution in [0.15, 0.2) is 11.8 Å². The van der Waals surface area contributed by atoms with E-state index in [1.54, 1.807) is 6.20 Å². The van der Waals surface area contributed by atoms with Gasteiger partial charge in [0, 0.05) is 24.7 Å². The van der Waals surface area contributed by atoms with E-state index < -0.39 is 5.60 Å². The summed E-state index contributed by atoms with van der Waals surface area (Å²) in [5.41, 5.74) is 0.218. The van der Waals surface area contributed by atoms with Crippen molar-refractivity contribution in [2.24, 2.45) is 0 Å². The number of amides is 1. The minimum atomic E-state index is -0.498. The molecule has 0 spiro atoms. The first kappa shape index (κ1) is 12.7. The average Bonchev–Trinajstić information content (AvgIpc) is 2.62. The number of hydrogen-bond donors (Lipinski definition) is 0. The van der Waals surface area contributed by atoms with E-state index in [9.17, 15) is 9.59 Å². The van der Waals surface area contributed by atoms with Gasteiger partial charge in [-0.2, -0.15) is 0 Å². The molecular formula is C12H19NO3. The zero-order valence-electron chi connectivity index (χ0n) is 10.4. The van der Waals surface area contributed by atoms with E-state index in [4.69, 9.17) is 4.74 Å². The van der Waals surface area contributed by atoms with Crippen molar-refractivity contribution >= 4 is 11.9 Å². The third kappa shape index (κ3) is 3.36. The standard InChI is InChI=1S/C12H19NO3/c1-5-10(14)9-6-7-13(8-9)11(15)16-12(2,3)4/h8H,5-7H2,1-4H3. The van der Waals surface area contributed by atoms with Crippen LogP contribution in [0.2, 0.25) is 0 Å². The van der Waals surface area contributed by atoms with Crippen molar-refractivity contribution in [2.45, 2.75) is 46.1 Å². The largest absolute Gasteiger partial charge is 0.443 e. The van der Waals surface area contributed by atoms with Gasteiger partial charge in [-0.05, 0) is 27.2 Å². The van der Waals surface area contributed by atoms with Crippen LogP contribution in [-0.4, -0.2) is 28.9 Å². The molecule has 0 saturated heterocycles. The van der Waals surface area contributed by atoms with Crippen LogP contribution in [0.4, 0.5) is 4.79 Å². The molecule has 0 atom stereocenters. The van der Waals surface area contributed by atoms with Crippen LogP contribution in [0, 0.1) is 0 Å². The van der Waals surface area contributed by atoms with Crippen molar-refractivity contribution < 1.29 is 14.3 Å². The number of hydrogen-bond acceptors (Lipinski definition) is 3. The Hall–Kier alpha value is -1.32. The molecule has 1 amide bonds. The van der Waals surface area contributed by atoms with Crippen LogP contribution in [0.3, 0.4) is 0 Å². The molecule has 1 aliphatic heterocycles. The van der Waals surface area contributed by atoms with Crippen LogP contribution < -0.4 is 0 Å². The number of ketones is 1. The molecule has 0 saturated carbocycles. The van der Waals surface area contributed by atoms with Crippen molar-refractivity contribution in [2.75, 3.05) is 6.54 Å². The SMILES string of the molecule is CCC(=O)C1=CN(C(=O)OC(C)(C)C)CC1. The van der Waals surface area contributed by atoms with E-state index in [0.29, 0.717) is 25.0 Å². The van der Waals surface area contributed by atoms with Gasteiger partial charge in [0.1, 0.15) is 5.60 Å². The van der Waals surface area contributed by atoms with Crippen molar-refractivity contribution in [1.82, 2.24) is 4.90 Å². The van der Waals surface area contributed by atoms with E-state index in [1.807, 2.05) is 27.7 Å². The van der Waals surface area contributed by atoms with Crippen molar-refractivity contribution in [3.05, 3.63) is 11.8 Å². The molecule has 0 fully saturated rings. The maximum absolute atomic E-state index is 11.7. The molecule has 4 nitrogen and oxygen atoms in total. The fourth-order valence-corrected chi connectivity index (χ4v) is 1.46. The predicted octanol–water partition coefficient (Wildman–Crippen LogP) is 2.49. The monoisotopic (exact) mass is 225 g/mol.